The molecule has 0 aliphatic carbocycles. The topological polar surface area (TPSA) is 57.5 Å². The Bertz CT molecular complexity index is 568. The molecule has 0 saturated heterocycles. The Hall–Kier alpha value is -2.55. The maximum absolute atomic E-state index is 10.9. The van der Waals surface area contributed by atoms with Crippen LogP contribution in [0.1, 0.15) is 11.1 Å². The van der Waals surface area contributed by atoms with Crippen molar-refractivity contribution in [3.05, 3.63) is 71.8 Å². The van der Waals surface area contributed by atoms with Gasteiger partial charge in [0.1, 0.15) is 5.75 Å². The van der Waals surface area contributed by atoms with Crippen LogP contribution in [0.4, 0.5) is 0 Å². The van der Waals surface area contributed by atoms with Crippen LogP contribution in [0.2, 0.25) is 0 Å². The lowest BCUT2D eigenvalue weighted by atomic mass is 9.97. The SMILES string of the molecule is O=C(O)/C=C(\c1ccccc1)c1ccc(O)cc1. The van der Waals surface area contributed by atoms with Gasteiger partial charge < -0.3 is 10.2 Å². The van der Waals surface area contributed by atoms with Gasteiger partial charge in [-0.2, -0.15) is 0 Å². The van der Waals surface area contributed by atoms with Crippen LogP contribution in [0.25, 0.3) is 5.57 Å². The summed E-state index contributed by atoms with van der Waals surface area (Å²) in [5.41, 5.74) is 2.19. The fourth-order valence-electron chi connectivity index (χ4n) is 1.72. The van der Waals surface area contributed by atoms with Crippen molar-refractivity contribution in [3.8, 4) is 5.75 Å². The molecule has 3 nitrogen and oxygen atoms in total. The van der Waals surface area contributed by atoms with E-state index in [0.717, 1.165) is 11.1 Å². The van der Waals surface area contributed by atoms with Gasteiger partial charge in [-0.15, -0.1) is 0 Å². The number of hydrogen-bond acceptors (Lipinski definition) is 2. The molecule has 0 atom stereocenters. The lowest BCUT2D eigenvalue weighted by Gasteiger charge is -2.07. The van der Waals surface area contributed by atoms with Crippen LogP contribution in [0, 0.1) is 0 Å². The first-order chi connectivity index (χ1) is 8.66. The van der Waals surface area contributed by atoms with Gasteiger partial charge in [-0.25, -0.2) is 4.79 Å². The zero-order valence-electron chi connectivity index (χ0n) is 9.58. The highest BCUT2D eigenvalue weighted by atomic mass is 16.4. The Balaban J connectivity index is 2.51. The predicted molar refractivity (Wildman–Crippen MR) is 69.3 cm³/mol. The van der Waals surface area contributed by atoms with E-state index in [9.17, 15) is 9.90 Å². The molecule has 3 heteroatoms. The summed E-state index contributed by atoms with van der Waals surface area (Å²) >= 11 is 0. The van der Waals surface area contributed by atoms with E-state index in [2.05, 4.69) is 0 Å². The first-order valence-corrected chi connectivity index (χ1v) is 5.46. The normalized spacial score (nSPS) is 11.2. The van der Waals surface area contributed by atoms with Gasteiger partial charge in [-0.1, -0.05) is 42.5 Å². The van der Waals surface area contributed by atoms with Gasteiger partial charge in [0, 0.05) is 6.08 Å². The minimum absolute atomic E-state index is 0.154. The van der Waals surface area contributed by atoms with E-state index < -0.39 is 5.97 Å². The lowest BCUT2D eigenvalue weighted by molar-refractivity contribution is -0.131. The second-order valence-electron chi connectivity index (χ2n) is 3.81. The number of aromatic hydroxyl groups is 1. The van der Waals surface area contributed by atoms with Gasteiger partial charge in [0.25, 0.3) is 0 Å². The van der Waals surface area contributed by atoms with Crippen molar-refractivity contribution in [1.82, 2.24) is 0 Å². The van der Waals surface area contributed by atoms with Gasteiger partial charge >= 0.3 is 5.97 Å². The van der Waals surface area contributed by atoms with Gasteiger partial charge in [0.05, 0.1) is 0 Å². The summed E-state index contributed by atoms with van der Waals surface area (Å²) in [4.78, 5) is 10.9. The molecule has 0 radical (unpaired) electrons. The highest BCUT2D eigenvalue weighted by Crippen LogP contribution is 2.24. The van der Waals surface area contributed by atoms with Crippen LogP contribution in [0.5, 0.6) is 5.75 Å². The summed E-state index contributed by atoms with van der Waals surface area (Å²) in [5, 5.41) is 18.2. The first-order valence-electron chi connectivity index (χ1n) is 5.46. The summed E-state index contributed by atoms with van der Waals surface area (Å²) in [6.45, 7) is 0. The molecule has 0 aliphatic heterocycles. The van der Waals surface area contributed by atoms with Crippen molar-refractivity contribution in [1.29, 1.82) is 0 Å². The third-order valence-corrected chi connectivity index (χ3v) is 2.53. The smallest absolute Gasteiger partial charge is 0.328 e. The van der Waals surface area contributed by atoms with Crippen molar-refractivity contribution < 1.29 is 15.0 Å². The molecule has 90 valence electrons. The Morgan fingerprint density at radius 1 is 0.889 bits per heavy atom. The van der Waals surface area contributed by atoms with E-state index in [0.29, 0.717) is 5.57 Å². The van der Waals surface area contributed by atoms with Crippen molar-refractivity contribution >= 4 is 11.5 Å². The quantitative estimate of drug-likeness (QED) is 0.811. The van der Waals surface area contributed by atoms with Crippen LogP contribution in [-0.4, -0.2) is 16.2 Å². The molecule has 0 aliphatic rings. The fraction of sp³-hybridized carbons (Fsp3) is 0. The molecule has 0 amide bonds. The molecule has 0 saturated carbocycles. The van der Waals surface area contributed by atoms with Crippen molar-refractivity contribution in [2.45, 2.75) is 0 Å². The molecular weight excluding hydrogens is 228 g/mol. The summed E-state index contributed by atoms with van der Waals surface area (Å²) in [6.07, 6.45) is 1.17. The number of benzene rings is 2. The molecule has 0 aromatic heterocycles. The molecule has 2 rings (SSSR count). The maximum atomic E-state index is 10.9. The average molecular weight is 240 g/mol. The number of aliphatic carboxylic acids is 1. The molecule has 2 aromatic rings. The highest BCUT2D eigenvalue weighted by molar-refractivity contribution is 5.95. The van der Waals surface area contributed by atoms with Gasteiger partial charge in [-0.3, -0.25) is 0 Å². The molecule has 0 fully saturated rings. The summed E-state index contributed by atoms with van der Waals surface area (Å²) in [5.74, 6) is -0.844. The zero-order valence-corrected chi connectivity index (χ0v) is 9.58. The average Bonchev–Trinajstić information content (AvgIpc) is 2.38. The van der Waals surface area contributed by atoms with Crippen molar-refractivity contribution in [2.75, 3.05) is 0 Å². The van der Waals surface area contributed by atoms with Crippen LogP contribution in [-0.2, 0) is 4.79 Å². The second kappa shape index (κ2) is 5.19. The minimum atomic E-state index is -0.998. The van der Waals surface area contributed by atoms with Crippen LogP contribution < -0.4 is 0 Å². The van der Waals surface area contributed by atoms with Crippen LogP contribution >= 0.6 is 0 Å². The molecule has 0 bridgehead atoms. The lowest BCUT2D eigenvalue weighted by Crippen LogP contribution is -1.94. The van der Waals surface area contributed by atoms with Gasteiger partial charge in [0.15, 0.2) is 0 Å². The molecule has 0 unspecified atom stereocenters. The Morgan fingerprint density at radius 3 is 2.00 bits per heavy atom. The minimum Gasteiger partial charge on any atom is -0.508 e. The molecule has 2 N–H and O–H groups in total. The molecule has 18 heavy (non-hydrogen) atoms. The third-order valence-electron chi connectivity index (χ3n) is 2.53. The van der Waals surface area contributed by atoms with E-state index in [1.54, 1.807) is 12.1 Å². The zero-order chi connectivity index (χ0) is 13.0. The Morgan fingerprint density at radius 2 is 1.44 bits per heavy atom. The van der Waals surface area contributed by atoms with Gasteiger partial charge in [0.2, 0.25) is 0 Å². The van der Waals surface area contributed by atoms with E-state index in [1.807, 2.05) is 30.3 Å². The predicted octanol–water partition coefficient (Wildman–Crippen LogP) is 2.91. The van der Waals surface area contributed by atoms with Gasteiger partial charge in [-0.05, 0) is 28.8 Å². The largest absolute Gasteiger partial charge is 0.508 e. The highest BCUT2D eigenvalue weighted by Gasteiger charge is 2.06. The number of carbonyl (C=O) groups is 1. The number of phenols is 1. The van der Waals surface area contributed by atoms with E-state index in [-0.39, 0.29) is 5.75 Å². The Labute approximate surface area is 105 Å². The molecule has 2 aromatic carbocycles. The summed E-state index contributed by atoms with van der Waals surface area (Å²) in [6, 6.07) is 15.7. The Kier molecular flexibility index (Phi) is 3.44. The molecule has 0 spiro atoms. The van der Waals surface area contributed by atoms with Crippen LogP contribution in [0.15, 0.2) is 60.7 Å². The van der Waals surface area contributed by atoms with E-state index >= 15 is 0 Å². The summed E-state index contributed by atoms with van der Waals surface area (Å²) in [7, 11) is 0. The van der Waals surface area contributed by atoms with E-state index in [4.69, 9.17) is 5.11 Å². The fourth-order valence-corrected chi connectivity index (χ4v) is 1.72. The number of hydrogen-bond donors (Lipinski definition) is 2. The number of carboxylic acid groups (broad SMARTS) is 1. The van der Waals surface area contributed by atoms with Crippen LogP contribution in [0.3, 0.4) is 0 Å². The van der Waals surface area contributed by atoms with Crippen molar-refractivity contribution in [2.24, 2.45) is 0 Å². The number of phenolic OH excluding ortho intramolecular Hbond substituents is 1. The van der Waals surface area contributed by atoms with E-state index in [1.165, 1.54) is 18.2 Å². The first kappa shape index (κ1) is 11.9. The second-order valence-corrected chi connectivity index (χ2v) is 3.81. The number of rotatable bonds is 3. The number of carboxylic acids is 1. The monoisotopic (exact) mass is 240 g/mol. The van der Waals surface area contributed by atoms with Crippen molar-refractivity contribution in [3.63, 3.8) is 0 Å². The standard InChI is InChI=1S/C15H12O3/c16-13-8-6-12(7-9-13)14(10-15(17)18)11-4-2-1-3-5-11/h1-10,16H,(H,17,18)/b14-10+. The summed E-state index contributed by atoms with van der Waals surface area (Å²) < 4.78 is 0. The maximum Gasteiger partial charge on any atom is 0.328 e. The molecular formula is C15H12O3. The third kappa shape index (κ3) is 2.77. The molecule has 0 heterocycles.